The fourth-order valence-electron chi connectivity index (χ4n) is 1.64. The van der Waals surface area contributed by atoms with Crippen LogP contribution in [-0.4, -0.2) is 6.54 Å². The van der Waals surface area contributed by atoms with Gasteiger partial charge in [0.2, 0.25) is 0 Å². The Kier molecular flexibility index (Phi) is 7.09. The van der Waals surface area contributed by atoms with Crippen LogP contribution in [0, 0.1) is 11.8 Å². The van der Waals surface area contributed by atoms with Gasteiger partial charge in [-0.1, -0.05) is 66.5 Å². The Bertz CT molecular complexity index is 497. The first-order valence-electron chi connectivity index (χ1n) is 6.51. The van der Waals surface area contributed by atoms with Gasteiger partial charge in [-0.2, -0.15) is 0 Å². The summed E-state index contributed by atoms with van der Waals surface area (Å²) in [5.41, 5.74) is 2.21. The van der Waals surface area contributed by atoms with Gasteiger partial charge < -0.3 is 0 Å². The maximum absolute atomic E-state index is 3.73. The largest absolute Gasteiger partial charge is 0.296 e. The molecule has 0 spiro atoms. The van der Waals surface area contributed by atoms with E-state index in [1.165, 1.54) is 5.56 Å². The summed E-state index contributed by atoms with van der Waals surface area (Å²) in [4.78, 5) is 0. The first-order valence-corrected chi connectivity index (χ1v) is 6.51. The van der Waals surface area contributed by atoms with Gasteiger partial charge in [0.25, 0.3) is 0 Å². The van der Waals surface area contributed by atoms with Crippen LogP contribution in [-0.2, 0) is 0 Å². The first-order chi connectivity index (χ1) is 9.31. The predicted molar refractivity (Wildman–Crippen MR) is 83.7 cm³/mol. The molecule has 1 aromatic carbocycles. The van der Waals surface area contributed by atoms with Crippen LogP contribution in [0.15, 0.2) is 66.8 Å². The highest BCUT2D eigenvalue weighted by Crippen LogP contribution is 2.11. The van der Waals surface area contributed by atoms with Crippen LogP contribution in [0.5, 0.6) is 0 Å². The van der Waals surface area contributed by atoms with Crippen molar-refractivity contribution >= 4 is 0 Å². The number of allylic oxidation sites excluding steroid dienone is 4. The van der Waals surface area contributed by atoms with E-state index >= 15 is 0 Å². The Morgan fingerprint density at radius 2 is 2.05 bits per heavy atom. The molecule has 0 aliphatic carbocycles. The molecular weight excluding hydrogens is 230 g/mol. The van der Waals surface area contributed by atoms with Crippen LogP contribution in [0.2, 0.25) is 0 Å². The van der Waals surface area contributed by atoms with Crippen molar-refractivity contribution in [2.45, 2.75) is 19.9 Å². The van der Waals surface area contributed by atoms with E-state index in [9.17, 15) is 0 Å². The number of hydrogen-bond acceptors (Lipinski definition) is 1. The molecule has 1 atom stereocenters. The van der Waals surface area contributed by atoms with Crippen LogP contribution in [0.25, 0.3) is 0 Å². The summed E-state index contributed by atoms with van der Waals surface area (Å²) >= 11 is 0. The average Bonchev–Trinajstić information content (AvgIpc) is 2.47. The highest BCUT2D eigenvalue weighted by molar-refractivity contribution is 5.40. The Hall–Kier alpha value is -2.04. The fraction of sp³-hybridized carbons (Fsp3) is 0.222. The zero-order valence-corrected chi connectivity index (χ0v) is 11.7. The molecule has 19 heavy (non-hydrogen) atoms. The van der Waals surface area contributed by atoms with Gasteiger partial charge in [0.05, 0.1) is 6.04 Å². The van der Waals surface area contributed by atoms with Gasteiger partial charge in [-0.15, -0.1) is 6.58 Å². The van der Waals surface area contributed by atoms with Crippen molar-refractivity contribution in [1.82, 2.24) is 5.32 Å². The highest BCUT2D eigenvalue weighted by atomic mass is 14.9. The molecule has 0 aliphatic rings. The molecule has 1 rings (SSSR count). The average molecular weight is 251 g/mol. The van der Waals surface area contributed by atoms with Crippen molar-refractivity contribution in [3.05, 3.63) is 72.4 Å². The molecule has 0 bridgehead atoms. The molecule has 0 aromatic heterocycles. The van der Waals surface area contributed by atoms with Crippen LogP contribution in [0.4, 0.5) is 0 Å². The Balaban J connectivity index is 2.93. The molecule has 0 heterocycles. The van der Waals surface area contributed by atoms with Crippen molar-refractivity contribution < 1.29 is 0 Å². The summed E-state index contributed by atoms with van der Waals surface area (Å²) in [5, 5.41) is 3.36. The third-order valence-corrected chi connectivity index (χ3v) is 2.62. The quantitative estimate of drug-likeness (QED) is 0.473. The molecule has 1 aromatic rings. The second-order valence-electron chi connectivity index (χ2n) is 4.05. The maximum atomic E-state index is 3.73. The fourth-order valence-corrected chi connectivity index (χ4v) is 1.64. The number of rotatable bonds is 5. The van der Waals surface area contributed by atoms with Crippen LogP contribution in [0.1, 0.15) is 25.5 Å². The Morgan fingerprint density at radius 3 is 2.63 bits per heavy atom. The minimum Gasteiger partial charge on any atom is -0.296 e. The zero-order chi connectivity index (χ0) is 13.9. The summed E-state index contributed by atoms with van der Waals surface area (Å²) in [6, 6.07) is 10.3. The predicted octanol–water partition coefficient (Wildman–Crippen LogP) is 4.03. The molecule has 98 valence electrons. The number of benzene rings is 1. The van der Waals surface area contributed by atoms with Crippen LogP contribution < -0.4 is 5.32 Å². The van der Waals surface area contributed by atoms with E-state index in [2.05, 4.69) is 35.9 Å². The van der Waals surface area contributed by atoms with Crippen molar-refractivity contribution in [3.8, 4) is 11.8 Å². The van der Waals surface area contributed by atoms with Gasteiger partial charge in [0.15, 0.2) is 0 Å². The van der Waals surface area contributed by atoms with Gasteiger partial charge in [0, 0.05) is 12.1 Å². The standard InChI is InChI=1S/C18H21N/c1-4-10-16(6-3)13-14-18(19-15-5-2)17-11-8-7-9-12-17/h4-12,18-19H,2,15H2,1,3H3/b10-4-,16-6+. The normalized spacial score (nSPS) is 12.8. The third kappa shape index (κ3) is 5.42. The number of nitrogens with one attached hydrogen (secondary N) is 1. The second-order valence-corrected chi connectivity index (χ2v) is 4.05. The molecule has 0 aliphatic heterocycles. The molecule has 1 N–H and O–H groups in total. The lowest BCUT2D eigenvalue weighted by atomic mass is 10.1. The lowest BCUT2D eigenvalue weighted by Gasteiger charge is -2.11. The lowest BCUT2D eigenvalue weighted by molar-refractivity contribution is 0.691. The van der Waals surface area contributed by atoms with E-state index in [0.717, 1.165) is 12.1 Å². The molecule has 1 nitrogen and oxygen atoms in total. The van der Waals surface area contributed by atoms with Gasteiger partial charge in [-0.05, 0) is 19.4 Å². The smallest absolute Gasteiger partial charge is 0.0952 e. The summed E-state index contributed by atoms with van der Waals surface area (Å²) in [6.45, 7) is 8.47. The molecule has 1 unspecified atom stereocenters. The van der Waals surface area contributed by atoms with E-state index in [-0.39, 0.29) is 6.04 Å². The maximum Gasteiger partial charge on any atom is 0.0952 e. The van der Waals surface area contributed by atoms with Crippen LogP contribution >= 0.6 is 0 Å². The van der Waals surface area contributed by atoms with Crippen molar-refractivity contribution in [1.29, 1.82) is 0 Å². The monoisotopic (exact) mass is 251 g/mol. The van der Waals surface area contributed by atoms with E-state index in [0.29, 0.717) is 0 Å². The summed E-state index contributed by atoms with van der Waals surface area (Å²) in [7, 11) is 0. The van der Waals surface area contributed by atoms with E-state index in [1.54, 1.807) is 0 Å². The molecule has 1 heteroatoms. The topological polar surface area (TPSA) is 12.0 Å². The second kappa shape index (κ2) is 8.97. The molecule has 0 amide bonds. The Morgan fingerprint density at radius 1 is 1.32 bits per heavy atom. The van der Waals surface area contributed by atoms with Gasteiger partial charge in [-0.25, -0.2) is 0 Å². The minimum absolute atomic E-state index is 0.0272. The van der Waals surface area contributed by atoms with E-state index < -0.39 is 0 Å². The van der Waals surface area contributed by atoms with Crippen LogP contribution in [0.3, 0.4) is 0 Å². The van der Waals surface area contributed by atoms with E-state index in [4.69, 9.17) is 0 Å². The van der Waals surface area contributed by atoms with Crippen molar-refractivity contribution in [3.63, 3.8) is 0 Å². The third-order valence-electron chi connectivity index (χ3n) is 2.62. The molecule has 0 saturated carbocycles. The van der Waals surface area contributed by atoms with Gasteiger partial charge in [0.1, 0.15) is 0 Å². The molecule has 0 saturated heterocycles. The summed E-state index contributed by atoms with van der Waals surface area (Å²) < 4.78 is 0. The van der Waals surface area contributed by atoms with E-state index in [1.807, 2.05) is 56.4 Å². The van der Waals surface area contributed by atoms with Crippen molar-refractivity contribution in [2.24, 2.45) is 0 Å². The van der Waals surface area contributed by atoms with Gasteiger partial charge >= 0.3 is 0 Å². The molecule has 0 radical (unpaired) electrons. The minimum atomic E-state index is 0.0272. The van der Waals surface area contributed by atoms with Crippen molar-refractivity contribution in [2.75, 3.05) is 6.54 Å². The zero-order valence-electron chi connectivity index (χ0n) is 11.7. The first kappa shape index (κ1) is 15.0. The molecular formula is C18H21N. The lowest BCUT2D eigenvalue weighted by Crippen LogP contribution is -2.19. The van der Waals surface area contributed by atoms with Gasteiger partial charge in [-0.3, -0.25) is 5.32 Å². The summed E-state index contributed by atoms with van der Waals surface area (Å²) in [5.74, 6) is 6.48. The Labute approximate surface area is 116 Å². The summed E-state index contributed by atoms with van der Waals surface area (Å²) in [6.07, 6.45) is 7.88. The SMILES string of the molecule is C=CCNC(C#CC(/C=C\C)=C/C)c1ccccc1. The number of hydrogen-bond donors (Lipinski definition) is 1. The highest BCUT2D eigenvalue weighted by Gasteiger charge is 2.05. The molecule has 0 fully saturated rings.